The quantitative estimate of drug-likeness (QED) is 0.647. The minimum absolute atomic E-state index is 0.261. The molecule has 1 aliphatic rings. The van der Waals surface area contributed by atoms with E-state index in [4.69, 9.17) is 11.6 Å². The Hall–Kier alpha value is -0.820. The summed E-state index contributed by atoms with van der Waals surface area (Å²) in [7, 11) is 0. The minimum atomic E-state index is -0.262. The highest BCUT2D eigenvalue weighted by molar-refractivity contribution is 6.31. The molecule has 16 heavy (non-hydrogen) atoms. The predicted octanol–water partition coefficient (Wildman–Crippen LogP) is 4.99. The van der Waals surface area contributed by atoms with Crippen molar-refractivity contribution in [3.8, 4) is 0 Å². The molecule has 0 spiro atoms. The first-order valence-electron chi connectivity index (χ1n) is 5.73. The van der Waals surface area contributed by atoms with Crippen LogP contribution in [0.1, 0.15) is 37.3 Å². The largest absolute Gasteiger partial charge is 0.205 e. The van der Waals surface area contributed by atoms with E-state index in [2.05, 4.69) is 13.0 Å². The van der Waals surface area contributed by atoms with Gasteiger partial charge in [-0.05, 0) is 43.2 Å². The summed E-state index contributed by atoms with van der Waals surface area (Å²) in [6.07, 6.45) is 5.28. The lowest BCUT2D eigenvalue weighted by Crippen LogP contribution is -2.02. The maximum Gasteiger partial charge on any atom is 0.149 e. The first kappa shape index (κ1) is 11.7. The van der Waals surface area contributed by atoms with E-state index >= 15 is 0 Å². The van der Waals surface area contributed by atoms with Gasteiger partial charge in [-0.1, -0.05) is 36.7 Å². The van der Waals surface area contributed by atoms with Crippen LogP contribution in [0, 0.1) is 18.7 Å². The highest BCUT2D eigenvalue weighted by atomic mass is 35.5. The van der Waals surface area contributed by atoms with E-state index in [-0.39, 0.29) is 10.8 Å². The van der Waals surface area contributed by atoms with Crippen LogP contribution in [0.4, 0.5) is 4.39 Å². The van der Waals surface area contributed by atoms with Gasteiger partial charge in [-0.15, -0.1) is 0 Å². The average molecular weight is 239 g/mol. The zero-order chi connectivity index (χ0) is 11.7. The molecule has 1 unspecified atom stereocenters. The summed E-state index contributed by atoms with van der Waals surface area (Å²) in [5, 5.41) is 0.261. The third kappa shape index (κ3) is 2.15. The second-order valence-corrected chi connectivity index (χ2v) is 5.04. The van der Waals surface area contributed by atoms with Gasteiger partial charge in [0.1, 0.15) is 5.82 Å². The Bertz CT molecular complexity index is 435. The number of hydrogen-bond acceptors (Lipinski definition) is 0. The molecule has 0 N–H and O–H groups in total. The normalized spacial score (nSPS) is 20.8. The molecule has 1 atom stereocenters. The molecule has 0 aliphatic heterocycles. The Morgan fingerprint density at radius 1 is 1.38 bits per heavy atom. The molecular weight excluding hydrogens is 223 g/mol. The predicted molar refractivity (Wildman–Crippen MR) is 67.1 cm³/mol. The molecule has 0 heterocycles. The van der Waals surface area contributed by atoms with Crippen LogP contribution >= 0.6 is 11.6 Å². The van der Waals surface area contributed by atoms with Crippen LogP contribution in [0.3, 0.4) is 0 Å². The molecule has 1 aromatic carbocycles. The van der Waals surface area contributed by atoms with Crippen LogP contribution in [0.25, 0.3) is 5.57 Å². The summed E-state index contributed by atoms with van der Waals surface area (Å²) >= 11 is 5.93. The Morgan fingerprint density at radius 3 is 2.75 bits per heavy atom. The van der Waals surface area contributed by atoms with Gasteiger partial charge in [0.2, 0.25) is 0 Å². The van der Waals surface area contributed by atoms with Crippen LogP contribution in [-0.4, -0.2) is 0 Å². The SMILES string of the molecule is Cc1ccc(C2=CCC(C)CC2)c(F)c1Cl. The number of benzene rings is 1. The van der Waals surface area contributed by atoms with Crippen molar-refractivity contribution in [3.05, 3.63) is 40.2 Å². The van der Waals surface area contributed by atoms with Gasteiger partial charge < -0.3 is 0 Å². The Kier molecular flexibility index (Phi) is 3.34. The van der Waals surface area contributed by atoms with E-state index < -0.39 is 0 Å². The number of allylic oxidation sites excluding steroid dienone is 2. The van der Waals surface area contributed by atoms with Crippen molar-refractivity contribution in [2.75, 3.05) is 0 Å². The topological polar surface area (TPSA) is 0 Å². The number of hydrogen-bond donors (Lipinski definition) is 0. The molecule has 0 saturated heterocycles. The molecule has 0 amide bonds. The number of rotatable bonds is 1. The summed E-state index contributed by atoms with van der Waals surface area (Å²) < 4.78 is 14.0. The van der Waals surface area contributed by atoms with Crippen LogP contribution in [0.15, 0.2) is 18.2 Å². The fourth-order valence-corrected chi connectivity index (χ4v) is 2.27. The molecule has 0 bridgehead atoms. The van der Waals surface area contributed by atoms with E-state index in [9.17, 15) is 4.39 Å². The van der Waals surface area contributed by atoms with Crippen molar-refractivity contribution in [1.82, 2.24) is 0 Å². The third-order valence-electron chi connectivity index (χ3n) is 3.29. The van der Waals surface area contributed by atoms with Crippen LogP contribution in [-0.2, 0) is 0 Å². The van der Waals surface area contributed by atoms with Crippen molar-refractivity contribution < 1.29 is 4.39 Å². The molecular formula is C14H16ClF. The Balaban J connectivity index is 2.38. The van der Waals surface area contributed by atoms with Crippen molar-refractivity contribution in [3.63, 3.8) is 0 Å². The standard InChI is InChI=1S/C14H16ClF/c1-9-3-6-11(7-4-9)12-8-5-10(2)13(15)14(12)16/h5-6,8-9H,3-4,7H2,1-2H3. The zero-order valence-corrected chi connectivity index (χ0v) is 10.4. The van der Waals surface area contributed by atoms with E-state index in [1.807, 2.05) is 19.1 Å². The fraction of sp³-hybridized carbons (Fsp3) is 0.429. The van der Waals surface area contributed by atoms with E-state index in [1.54, 1.807) is 0 Å². The first-order chi connectivity index (χ1) is 7.59. The lowest BCUT2D eigenvalue weighted by atomic mass is 9.87. The summed E-state index contributed by atoms with van der Waals surface area (Å²) in [6, 6.07) is 3.73. The van der Waals surface area contributed by atoms with Gasteiger partial charge in [0.25, 0.3) is 0 Å². The summed E-state index contributed by atoms with van der Waals surface area (Å²) in [5.74, 6) is 0.454. The summed E-state index contributed by atoms with van der Waals surface area (Å²) in [6.45, 7) is 4.05. The number of halogens is 2. The average Bonchev–Trinajstić information content (AvgIpc) is 2.28. The lowest BCUT2D eigenvalue weighted by Gasteiger charge is -2.19. The molecule has 0 radical (unpaired) electrons. The molecule has 2 rings (SSSR count). The molecule has 2 heteroatoms. The van der Waals surface area contributed by atoms with Gasteiger partial charge in [0.15, 0.2) is 0 Å². The van der Waals surface area contributed by atoms with E-state index in [0.29, 0.717) is 11.5 Å². The first-order valence-corrected chi connectivity index (χ1v) is 6.11. The van der Waals surface area contributed by atoms with Crippen LogP contribution in [0.5, 0.6) is 0 Å². The lowest BCUT2D eigenvalue weighted by molar-refractivity contribution is 0.531. The van der Waals surface area contributed by atoms with Gasteiger partial charge in [-0.2, -0.15) is 0 Å². The number of aryl methyl sites for hydroxylation is 1. The summed E-state index contributed by atoms with van der Waals surface area (Å²) in [5.41, 5.74) is 2.59. The monoisotopic (exact) mass is 238 g/mol. The third-order valence-corrected chi connectivity index (χ3v) is 3.76. The zero-order valence-electron chi connectivity index (χ0n) is 9.69. The van der Waals surface area contributed by atoms with Crippen LogP contribution < -0.4 is 0 Å². The van der Waals surface area contributed by atoms with Crippen molar-refractivity contribution in [2.24, 2.45) is 5.92 Å². The molecule has 86 valence electrons. The van der Waals surface area contributed by atoms with E-state index in [1.165, 1.54) is 0 Å². The van der Waals surface area contributed by atoms with Gasteiger partial charge in [-0.3, -0.25) is 0 Å². The highest BCUT2D eigenvalue weighted by Crippen LogP contribution is 2.34. The highest BCUT2D eigenvalue weighted by Gasteiger charge is 2.16. The van der Waals surface area contributed by atoms with Crippen molar-refractivity contribution in [2.45, 2.75) is 33.1 Å². The van der Waals surface area contributed by atoms with Crippen LogP contribution in [0.2, 0.25) is 5.02 Å². The second kappa shape index (κ2) is 4.58. The fourth-order valence-electron chi connectivity index (χ4n) is 2.10. The minimum Gasteiger partial charge on any atom is -0.205 e. The van der Waals surface area contributed by atoms with Crippen molar-refractivity contribution >= 4 is 17.2 Å². The van der Waals surface area contributed by atoms with Gasteiger partial charge in [0.05, 0.1) is 5.02 Å². The smallest absolute Gasteiger partial charge is 0.149 e. The summed E-state index contributed by atoms with van der Waals surface area (Å²) in [4.78, 5) is 0. The maximum atomic E-state index is 14.0. The molecule has 1 aromatic rings. The molecule has 0 aromatic heterocycles. The Morgan fingerprint density at radius 2 is 2.12 bits per heavy atom. The second-order valence-electron chi connectivity index (χ2n) is 4.67. The van der Waals surface area contributed by atoms with E-state index in [0.717, 1.165) is 30.4 Å². The molecule has 0 saturated carbocycles. The van der Waals surface area contributed by atoms with Crippen molar-refractivity contribution in [1.29, 1.82) is 0 Å². The maximum absolute atomic E-state index is 14.0. The van der Waals surface area contributed by atoms with Gasteiger partial charge in [0, 0.05) is 5.56 Å². The van der Waals surface area contributed by atoms with Gasteiger partial charge in [-0.25, -0.2) is 4.39 Å². The molecule has 1 aliphatic carbocycles. The molecule has 0 nitrogen and oxygen atoms in total. The van der Waals surface area contributed by atoms with Gasteiger partial charge >= 0.3 is 0 Å². The Labute approximate surface area is 101 Å². The molecule has 0 fully saturated rings.